The molecule has 0 aromatic heterocycles. The number of carbonyl (C=O) groups is 3. The maximum Gasteiger partial charge on any atom is 0.311 e. The summed E-state index contributed by atoms with van der Waals surface area (Å²) in [5.41, 5.74) is 1.83. The number of halogens is 1. The molecule has 0 radical (unpaired) electrons. The van der Waals surface area contributed by atoms with E-state index in [0.29, 0.717) is 11.4 Å². The molecule has 0 saturated carbocycles. The van der Waals surface area contributed by atoms with Gasteiger partial charge in [0.15, 0.2) is 6.61 Å². The van der Waals surface area contributed by atoms with E-state index in [4.69, 9.17) is 4.74 Å². The summed E-state index contributed by atoms with van der Waals surface area (Å²) in [4.78, 5) is 48.2. The van der Waals surface area contributed by atoms with E-state index in [1.165, 1.54) is 29.2 Å². The van der Waals surface area contributed by atoms with Gasteiger partial charge in [0.1, 0.15) is 0 Å². The molecule has 9 nitrogen and oxygen atoms in total. The molecule has 1 fully saturated rings. The number of hydrogen-bond acceptors (Lipinski definition) is 6. The lowest BCUT2D eigenvalue weighted by atomic mass is 10.1. The van der Waals surface area contributed by atoms with Crippen LogP contribution in [-0.4, -0.2) is 35.9 Å². The Morgan fingerprint density at radius 2 is 1.97 bits per heavy atom. The van der Waals surface area contributed by atoms with Crippen LogP contribution in [-0.2, 0) is 19.1 Å². The zero-order chi connectivity index (χ0) is 21.8. The summed E-state index contributed by atoms with van der Waals surface area (Å²) in [5.74, 6) is -2.13. The molecule has 2 amide bonds. The number of anilines is 2. The first-order valence-corrected chi connectivity index (χ1v) is 9.81. The average molecular weight is 476 g/mol. The molecule has 0 spiro atoms. The van der Waals surface area contributed by atoms with Gasteiger partial charge in [-0.05, 0) is 42.8 Å². The molecule has 1 aliphatic heterocycles. The summed E-state index contributed by atoms with van der Waals surface area (Å²) in [5, 5.41) is 13.4. The minimum absolute atomic E-state index is 0.0523. The third-order valence-corrected chi connectivity index (χ3v) is 5.13. The molecule has 10 heteroatoms. The lowest BCUT2D eigenvalue weighted by Crippen LogP contribution is -2.28. The molecular weight excluding hydrogens is 458 g/mol. The number of ether oxygens (including phenoxy) is 1. The third-order valence-electron chi connectivity index (χ3n) is 4.64. The molecule has 1 aliphatic rings. The Hall–Kier alpha value is -3.27. The molecule has 1 saturated heterocycles. The summed E-state index contributed by atoms with van der Waals surface area (Å²) in [6.07, 6.45) is -0.0523. The molecule has 156 valence electrons. The highest BCUT2D eigenvalue weighted by atomic mass is 79.9. The molecule has 3 rings (SSSR count). The van der Waals surface area contributed by atoms with E-state index in [1.54, 1.807) is 12.1 Å². The highest BCUT2D eigenvalue weighted by Crippen LogP contribution is 2.27. The predicted molar refractivity (Wildman–Crippen MR) is 112 cm³/mol. The number of nitrogens with one attached hydrogen (secondary N) is 1. The van der Waals surface area contributed by atoms with Gasteiger partial charge in [0.25, 0.3) is 11.6 Å². The zero-order valence-electron chi connectivity index (χ0n) is 16.0. The zero-order valence-corrected chi connectivity index (χ0v) is 17.5. The van der Waals surface area contributed by atoms with Crippen molar-refractivity contribution < 1.29 is 24.0 Å². The van der Waals surface area contributed by atoms with Gasteiger partial charge in [0.2, 0.25) is 5.91 Å². The van der Waals surface area contributed by atoms with Crippen LogP contribution >= 0.6 is 15.9 Å². The van der Waals surface area contributed by atoms with Crippen molar-refractivity contribution in [2.75, 3.05) is 23.4 Å². The number of nitro groups is 1. The van der Waals surface area contributed by atoms with Crippen LogP contribution in [0.15, 0.2) is 46.9 Å². The normalized spacial score (nSPS) is 15.7. The number of amides is 2. The Morgan fingerprint density at radius 3 is 2.60 bits per heavy atom. The van der Waals surface area contributed by atoms with Gasteiger partial charge in [-0.3, -0.25) is 24.5 Å². The van der Waals surface area contributed by atoms with Crippen LogP contribution in [0, 0.1) is 23.0 Å². The molecule has 2 aromatic rings. The van der Waals surface area contributed by atoms with Gasteiger partial charge in [-0.25, -0.2) is 0 Å². The van der Waals surface area contributed by atoms with Crippen LogP contribution in [0.2, 0.25) is 0 Å². The molecule has 0 aliphatic carbocycles. The predicted octanol–water partition coefficient (Wildman–Crippen LogP) is 3.20. The van der Waals surface area contributed by atoms with Crippen molar-refractivity contribution in [3.8, 4) is 0 Å². The molecule has 1 atom stereocenters. The summed E-state index contributed by atoms with van der Waals surface area (Å²) >= 11 is 3.34. The smallest absolute Gasteiger partial charge is 0.311 e. The number of non-ortho nitro benzene ring substituents is 1. The van der Waals surface area contributed by atoms with Gasteiger partial charge < -0.3 is 15.0 Å². The Labute approximate surface area is 180 Å². The highest BCUT2D eigenvalue weighted by molar-refractivity contribution is 9.10. The van der Waals surface area contributed by atoms with Gasteiger partial charge in [-0.15, -0.1) is 0 Å². The summed E-state index contributed by atoms with van der Waals surface area (Å²) in [7, 11) is 0. The summed E-state index contributed by atoms with van der Waals surface area (Å²) in [6, 6.07) is 10.9. The molecule has 1 heterocycles. The number of carbonyl (C=O) groups excluding carboxylic acids is 3. The second-order valence-electron chi connectivity index (χ2n) is 6.79. The van der Waals surface area contributed by atoms with Gasteiger partial charge in [-0.1, -0.05) is 15.9 Å². The van der Waals surface area contributed by atoms with Crippen LogP contribution in [0.1, 0.15) is 12.0 Å². The number of aryl methyl sites for hydroxylation is 1. The molecule has 1 N–H and O–H groups in total. The fourth-order valence-electron chi connectivity index (χ4n) is 3.08. The maximum absolute atomic E-state index is 12.3. The number of benzene rings is 2. The van der Waals surface area contributed by atoms with E-state index >= 15 is 0 Å². The van der Waals surface area contributed by atoms with Crippen LogP contribution in [0.4, 0.5) is 17.1 Å². The van der Waals surface area contributed by atoms with E-state index in [2.05, 4.69) is 21.2 Å². The number of nitro benzene ring substituents is 1. The van der Waals surface area contributed by atoms with Crippen molar-refractivity contribution in [3.05, 3.63) is 62.6 Å². The van der Waals surface area contributed by atoms with Gasteiger partial charge in [0.05, 0.1) is 10.8 Å². The SMILES string of the molecule is Cc1cc(Br)ccc1NC(=O)COC(=O)[C@@H]1CC(=O)N(c2ccc([N+](=O)[O-])cc2)C1. The van der Waals surface area contributed by atoms with E-state index < -0.39 is 29.3 Å². The van der Waals surface area contributed by atoms with Gasteiger partial charge >= 0.3 is 5.97 Å². The quantitative estimate of drug-likeness (QED) is 0.389. The lowest BCUT2D eigenvalue weighted by molar-refractivity contribution is -0.384. The van der Waals surface area contributed by atoms with E-state index in [0.717, 1.165) is 10.0 Å². The van der Waals surface area contributed by atoms with E-state index in [9.17, 15) is 24.5 Å². The van der Waals surface area contributed by atoms with E-state index in [1.807, 2.05) is 13.0 Å². The standard InChI is InChI=1S/C20H18BrN3O6/c1-12-8-14(21)2-7-17(12)22-18(25)11-30-20(27)13-9-19(26)23(10-13)15-3-5-16(6-4-15)24(28)29/h2-8,13H,9-11H2,1H3,(H,22,25)/t13-/m1/s1. The van der Waals surface area contributed by atoms with Crippen molar-refractivity contribution in [2.45, 2.75) is 13.3 Å². The first-order chi connectivity index (χ1) is 14.2. The Bertz CT molecular complexity index is 1010. The first-order valence-electron chi connectivity index (χ1n) is 9.02. The van der Waals surface area contributed by atoms with Crippen molar-refractivity contribution in [1.29, 1.82) is 0 Å². The fourth-order valence-corrected chi connectivity index (χ4v) is 3.55. The minimum atomic E-state index is -0.713. The second-order valence-corrected chi connectivity index (χ2v) is 7.71. The first kappa shape index (κ1) is 21.4. The Kier molecular flexibility index (Phi) is 6.46. The number of esters is 1. The molecule has 30 heavy (non-hydrogen) atoms. The van der Waals surface area contributed by atoms with Crippen molar-refractivity contribution in [1.82, 2.24) is 0 Å². The van der Waals surface area contributed by atoms with Gasteiger partial charge in [0, 0.05) is 40.9 Å². The molecular formula is C20H18BrN3O6. The van der Waals surface area contributed by atoms with Crippen LogP contribution < -0.4 is 10.2 Å². The third kappa shape index (κ3) is 5.01. The van der Waals surface area contributed by atoms with Crippen molar-refractivity contribution in [3.63, 3.8) is 0 Å². The topological polar surface area (TPSA) is 119 Å². The fraction of sp³-hybridized carbons (Fsp3) is 0.250. The largest absolute Gasteiger partial charge is 0.455 e. The van der Waals surface area contributed by atoms with Gasteiger partial charge in [-0.2, -0.15) is 0 Å². The maximum atomic E-state index is 12.3. The van der Waals surface area contributed by atoms with E-state index in [-0.39, 0.29) is 24.6 Å². The monoisotopic (exact) mass is 475 g/mol. The van der Waals surface area contributed by atoms with Crippen LogP contribution in [0.3, 0.4) is 0 Å². The van der Waals surface area contributed by atoms with Crippen molar-refractivity contribution in [2.24, 2.45) is 5.92 Å². The molecule has 2 aromatic carbocycles. The highest BCUT2D eigenvalue weighted by Gasteiger charge is 2.36. The summed E-state index contributed by atoms with van der Waals surface area (Å²) < 4.78 is 5.96. The number of nitrogens with zero attached hydrogens (tertiary/aromatic N) is 2. The average Bonchev–Trinajstić information content (AvgIpc) is 3.10. The lowest BCUT2D eigenvalue weighted by Gasteiger charge is -2.16. The minimum Gasteiger partial charge on any atom is -0.455 e. The van der Waals surface area contributed by atoms with Crippen LogP contribution in [0.5, 0.6) is 0 Å². The molecule has 0 unspecified atom stereocenters. The number of hydrogen-bond donors (Lipinski definition) is 1. The van der Waals surface area contributed by atoms with Crippen LogP contribution in [0.25, 0.3) is 0 Å². The Morgan fingerprint density at radius 1 is 1.27 bits per heavy atom. The van der Waals surface area contributed by atoms with Crippen molar-refractivity contribution >= 4 is 50.8 Å². The summed E-state index contributed by atoms with van der Waals surface area (Å²) in [6.45, 7) is 1.46. The number of rotatable bonds is 6. The second kappa shape index (κ2) is 9.04. The Balaban J connectivity index is 1.54. The molecule has 0 bridgehead atoms.